The Balaban J connectivity index is 1.83. The Bertz CT molecular complexity index is 1440. The summed E-state index contributed by atoms with van der Waals surface area (Å²) < 4.78 is 0. The monoisotopic (exact) mass is 384 g/mol. The maximum Gasteiger partial charge on any atom is 0.0648 e. The van der Waals surface area contributed by atoms with Gasteiger partial charge in [0.25, 0.3) is 0 Å². The van der Waals surface area contributed by atoms with Crippen molar-refractivity contribution < 1.29 is 0 Å². The zero-order chi connectivity index (χ0) is 19.3. The number of benzene rings is 4. The van der Waals surface area contributed by atoms with E-state index in [1.165, 1.54) is 42.7 Å². The van der Waals surface area contributed by atoms with E-state index in [2.05, 4.69) is 115 Å². The molecule has 1 aliphatic heterocycles. The number of hydrogen-bond acceptors (Lipinski definition) is 0. The van der Waals surface area contributed by atoms with Gasteiger partial charge in [-0.05, 0) is 42.7 Å². The van der Waals surface area contributed by atoms with Gasteiger partial charge in [-0.15, -0.1) is 0 Å². The molecular formula is C28H20Si. The van der Waals surface area contributed by atoms with Crippen LogP contribution in [-0.2, 0) is 5.41 Å². The van der Waals surface area contributed by atoms with Gasteiger partial charge in [0.15, 0.2) is 0 Å². The third-order valence-electron chi connectivity index (χ3n) is 6.29. The normalized spacial score (nSPS) is 19.4. The van der Waals surface area contributed by atoms with Crippen molar-refractivity contribution in [3.05, 3.63) is 142 Å². The van der Waals surface area contributed by atoms with Gasteiger partial charge in [0.05, 0.1) is 5.41 Å². The van der Waals surface area contributed by atoms with Crippen molar-refractivity contribution in [2.24, 2.45) is 0 Å². The van der Waals surface area contributed by atoms with Crippen LogP contribution in [0, 0.1) is 4.81 Å². The Labute approximate surface area is 172 Å². The van der Waals surface area contributed by atoms with Crippen LogP contribution >= 0.6 is 0 Å². The number of fused-ring (bicyclic) bond motifs is 3. The van der Waals surface area contributed by atoms with Gasteiger partial charge < -0.3 is 0 Å². The molecule has 0 radical (unpaired) electrons. The molecule has 6 rings (SSSR count). The molecule has 0 amide bonds. The minimum atomic E-state index is -0.272. The number of rotatable bonds is 2. The van der Waals surface area contributed by atoms with Gasteiger partial charge in [0.2, 0.25) is 0 Å². The summed E-state index contributed by atoms with van der Waals surface area (Å²) >= 11 is 0. The SMILES string of the molecule is C1=CC(c2ccccc2)(c2cccc3ccccc23)C2=c3ccccc3=[SiH]C2=C1. The van der Waals surface area contributed by atoms with Crippen LogP contribution in [0.4, 0.5) is 0 Å². The van der Waals surface area contributed by atoms with E-state index in [0.717, 1.165) is 0 Å². The molecule has 29 heavy (non-hydrogen) atoms. The molecule has 4 aromatic carbocycles. The van der Waals surface area contributed by atoms with Crippen molar-refractivity contribution in [2.75, 3.05) is 0 Å². The van der Waals surface area contributed by atoms with E-state index in [1.807, 2.05) is 0 Å². The first-order valence-electron chi connectivity index (χ1n) is 10.1. The number of allylic oxidation sites excluding steroid dienone is 4. The van der Waals surface area contributed by atoms with Crippen molar-refractivity contribution in [3.63, 3.8) is 0 Å². The lowest BCUT2D eigenvalue weighted by atomic mass is 9.65. The molecule has 1 aliphatic carbocycles. The molecule has 1 heteroatoms. The van der Waals surface area contributed by atoms with E-state index in [1.54, 1.807) is 0 Å². The maximum atomic E-state index is 2.42. The van der Waals surface area contributed by atoms with Gasteiger partial charge in [0, 0.05) is 9.13 Å². The van der Waals surface area contributed by atoms with Crippen molar-refractivity contribution in [1.82, 2.24) is 0 Å². The highest BCUT2D eigenvalue weighted by atomic mass is 28.2. The highest BCUT2D eigenvalue weighted by Crippen LogP contribution is 2.48. The Kier molecular flexibility index (Phi) is 3.65. The molecule has 1 unspecified atom stereocenters. The van der Waals surface area contributed by atoms with E-state index < -0.39 is 0 Å². The molecule has 0 aromatic heterocycles. The average molecular weight is 385 g/mol. The predicted molar refractivity (Wildman–Crippen MR) is 124 cm³/mol. The fourth-order valence-electron chi connectivity index (χ4n) is 5.09. The van der Waals surface area contributed by atoms with Crippen LogP contribution in [0.5, 0.6) is 0 Å². The molecule has 0 spiro atoms. The lowest BCUT2D eigenvalue weighted by Gasteiger charge is -2.37. The zero-order valence-corrected chi connectivity index (χ0v) is 17.2. The van der Waals surface area contributed by atoms with Crippen LogP contribution in [0.1, 0.15) is 11.1 Å². The Morgan fingerprint density at radius 2 is 1.41 bits per heavy atom. The highest BCUT2D eigenvalue weighted by molar-refractivity contribution is 6.45. The summed E-state index contributed by atoms with van der Waals surface area (Å²) in [6.07, 6.45) is 7.05. The van der Waals surface area contributed by atoms with E-state index in [9.17, 15) is 0 Å². The van der Waals surface area contributed by atoms with Gasteiger partial charge in [-0.3, -0.25) is 0 Å². The molecule has 0 bridgehead atoms. The van der Waals surface area contributed by atoms with Gasteiger partial charge >= 0.3 is 0 Å². The fourth-order valence-corrected chi connectivity index (χ4v) is 6.76. The minimum absolute atomic E-state index is 0.128. The summed E-state index contributed by atoms with van der Waals surface area (Å²) in [5.41, 5.74) is 3.92. The van der Waals surface area contributed by atoms with E-state index in [0.29, 0.717) is 0 Å². The molecule has 0 nitrogen and oxygen atoms in total. The largest absolute Gasteiger partial charge is 0.0652 e. The molecule has 4 aromatic rings. The van der Waals surface area contributed by atoms with Crippen LogP contribution in [0.15, 0.2) is 120 Å². The minimum Gasteiger partial charge on any atom is -0.0652 e. The first kappa shape index (κ1) is 16.6. The zero-order valence-electron chi connectivity index (χ0n) is 16.0. The van der Waals surface area contributed by atoms with Crippen LogP contribution in [0.2, 0.25) is 0 Å². The molecule has 0 N–H and O–H groups in total. The molecular weight excluding hydrogens is 364 g/mol. The summed E-state index contributed by atoms with van der Waals surface area (Å²) in [5.74, 6) is 0. The first-order chi connectivity index (χ1) is 14.4. The second kappa shape index (κ2) is 6.37. The first-order valence-corrected chi connectivity index (χ1v) is 11.3. The maximum absolute atomic E-state index is 2.42. The summed E-state index contributed by atoms with van der Waals surface area (Å²) in [6.45, 7) is 0. The van der Waals surface area contributed by atoms with Crippen LogP contribution < -0.4 is 5.22 Å². The predicted octanol–water partition coefficient (Wildman–Crippen LogP) is 5.13. The van der Waals surface area contributed by atoms with Gasteiger partial charge in [0.1, 0.15) is 0 Å². The molecule has 2 aliphatic rings. The summed E-state index contributed by atoms with van der Waals surface area (Å²) in [6, 6.07) is 35.6. The molecule has 136 valence electrons. The van der Waals surface area contributed by atoms with E-state index >= 15 is 0 Å². The smallest absolute Gasteiger partial charge is 0.0648 e. The van der Waals surface area contributed by atoms with Crippen LogP contribution in [0.25, 0.3) is 16.3 Å². The summed E-state index contributed by atoms with van der Waals surface area (Å²) in [4.78, 5) is 1.51. The van der Waals surface area contributed by atoms with Gasteiger partial charge in [-0.2, -0.15) is 0 Å². The van der Waals surface area contributed by atoms with Crippen molar-refractivity contribution in [2.45, 2.75) is 5.41 Å². The van der Waals surface area contributed by atoms with Crippen molar-refractivity contribution in [1.29, 1.82) is 0 Å². The molecule has 0 fully saturated rings. The Morgan fingerprint density at radius 1 is 0.655 bits per heavy atom. The quantitative estimate of drug-likeness (QED) is 0.420. The lowest BCUT2D eigenvalue weighted by Crippen LogP contribution is -2.32. The summed E-state index contributed by atoms with van der Waals surface area (Å²) in [7, 11) is 0.128. The average Bonchev–Trinajstić information content (AvgIpc) is 3.18. The second-order valence-corrected chi connectivity index (χ2v) is 9.32. The molecule has 1 atom stereocenters. The van der Waals surface area contributed by atoms with Gasteiger partial charge in [-0.25, -0.2) is 0 Å². The lowest BCUT2D eigenvalue weighted by molar-refractivity contribution is 0.840. The van der Waals surface area contributed by atoms with Crippen LogP contribution in [-0.4, -0.2) is 9.13 Å². The molecule has 0 saturated heterocycles. The Hall–Kier alpha value is -3.29. The molecule has 0 saturated carbocycles. The van der Waals surface area contributed by atoms with Crippen LogP contribution in [0.3, 0.4) is 0 Å². The van der Waals surface area contributed by atoms with Gasteiger partial charge in [-0.1, -0.05) is 115 Å². The highest BCUT2D eigenvalue weighted by Gasteiger charge is 2.40. The van der Waals surface area contributed by atoms with E-state index in [-0.39, 0.29) is 14.5 Å². The standard InChI is InChI=1S/C28H20Si/c1-2-12-21(13-3-1)28(24-16-8-11-20-10-4-5-14-22(20)24)19-9-18-26-27(28)23-15-6-7-17-25(23)29-26/h1-19,29H. The third-order valence-corrected chi connectivity index (χ3v) is 7.90. The second-order valence-electron chi connectivity index (χ2n) is 7.79. The van der Waals surface area contributed by atoms with E-state index in [4.69, 9.17) is 0 Å². The topological polar surface area (TPSA) is 0 Å². The Morgan fingerprint density at radius 3 is 2.34 bits per heavy atom. The van der Waals surface area contributed by atoms with Crippen molar-refractivity contribution >= 4 is 25.5 Å². The summed E-state index contributed by atoms with van der Waals surface area (Å²) in [5, 5.41) is 5.57. The third kappa shape index (κ3) is 2.34. The fraction of sp³-hybridized carbons (Fsp3) is 0.0357. The van der Waals surface area contributed by atoms with Crippen molar-refractivity contribution in [3.8, 4) is 0 Å². The number of hydrogen-bond donors (Lipinski definition) is 0. The molecule has 1 heterocycles.